The van der Waals surface area contributed by atoms with Crippen LogP contribution >= 0.6 is 23.1 Å². The van der Waals surface area contributed by atoms with E-state index in [2.05, 4.69) is 26.9 Å². The van der Waals surface area contributed by atoms with Crippen LogP contribution in [0.15, 0.2) is 0 Å². The Labute approximate surface area is 139 Å². The molecule has 2 aliphatic heterocycles. The van der Waals surface area contributed by atoms with Gasteiger partial charge in [0, 0.05) is 26.0 Å². The van der Waals surface area contributed by atoms with Crippen LogP contribution in [-0.4, -0.2) is 64.3 Å². The summed E-state index contributed by atoms with van der Waals surface area (Å²) >= 11 is 3.74. The fraction of sp³-hybridized carbons (Fsp3) is 0.750. The standard InChI is InChI=1S/C10H15N3OS2.C2HF3O2/c1-7-11-12-9(16-7)13-5-10(6-13)3-8(14-2)4-15-10;3-2(4,5)1(6)7/h8H,3-6H2,1-2H3;(H,6,7). The van der Waals surface area contributed by atoms with Crippen LogP contribution in [-0.2, 0) is 9.53 Å². The summed E-state index contributed by atoms with van der Waals surface area (Å²) in [6.45, 7) is 4.21. The molecule has 3 rings (SSSR count). The normalized spacial score (nSPS) is 22.5. The van der Waals surface area contributed by atoms with E-state index in [1.54, 1.807) is 11.3 Å². The molecule has 6 nitrogen and oxygen atoms in total. The van der Waals surface area contributed by atoms with Gasteiger partial charge in [-0.15, -0.1) is 22.0 Å². The van der Waals surface area contributed by atoms with Crippen LogP contribution in [0.2, 0.25) is 0 Å². The first-order valence-electron chi connectivity index (χ1n) is 6.67. The number of aliphatic carboxylic acids is 1. The maximum absolute atomic E-state index is 10.6. The van der Waals surface area contributed by atoms with Crippen molar-refractivity contribution in [1.82, 2.24) is 10.2 Å². The van der Waals surface area contributed by atoms with Crippen molar-refractivity contribution in [3.63, 3.8) is 0 Å². The molecule has 0 saturated carbocycles. The van der Waals surface area contributed by atoms with E-state index in [9.17, 15) is 13.2 Å². The molecule has 1 unspecified atom stereocenters. The second-order valence-corrected chi connectivity index (χ2v) is 7.97. The van der Waals surface area contributed by atoms with Gasteiger partial charge in [-0.1, -0.05) is 11.3 Å². The first-order valence-corrected chi connectivity index (χ1v) is 8.47. The molecule has 3 heterocycles. The summed E-state index contributed by atoms with van der Waals surface area (Å²) in [7, 11) is 1.81. The van der Waals surface area contributed by atoms with Gasteiger partial charge < -0.3 is 14.7 Å². The summed E-state index contributed by atoms with van der Waals surface area (Å²) < 4.78 is 37.6. The maximum Gasteiger partial charge on any atom is 0.490 e. The number of nitrogens with zero attached hydrogens (tertiary/aromatic N) is 3. The predicted molar refractivity (Wildman–Crippen MR) is 81.2 cm³/mol. The lowest BCUT2D eigenvalue weighted by Gasteiger charge is -2.47. The van der Waals surface area contributed by atoms with Crippen molar-refractivity contribution < 1.29 is 27.8 Å². The molecule has 1 atom stereocenters. The van der Waals surface area contributed by atoms with Gasteiger partial charge in [0.2, 0.25) is 5.13 Å². The first kappa shape index (κ1) is 18.3. The SMILES string of the molecule is COC1CSC2(C1)CN(c1nnc(C)s1)C2.O=C(O)C(F)(F)F. The lowest BCUT2D eigenvalue weighted by Crippen LogP contribution is -2.59. The van der Waals surface area contributed by atoms with E-state index in [1.165, 1.54) is 6.42 Å². The van der Waals surface area contributed by atoms with E-state index < -0.39 is 12.1 Å². The number of alkyl halides is 3. The van der Waals surface area contributed by atoms with Crippen LogP contribution in [0.4, 0.5) is 18.3 Å². The van der Waals surface area contributed by atoms with Crippen LogP contribution in [0.5, 0.6) is 0 Å². The van der Waals surface area contributed by atoms with E-state index in [0.717, 1.165) is 29.0 Å². The summed E-state index contributed by atoms with van der Waals surface area (Å²) in [5, 5.41) is 17.5. The zero-order chi connectivity index (χ0) is 17.3. The van der Waals surface area contributed by atoms with E-state index in [0.29, 0.717) is 10.9 Å². The lowest BCUT2D eigenvalue weighted by atomic mass is 9.93. The Hall–Kier alpha value is -1.07. The molecule has 1 spiro atoms. The molecule has 0 amide bonds. The second-order valence-electron chi connectivity index (χ2n) is 5.32. The van der Waals surface area contributed by atoms with Gasteiger partial charge in [-0.05, 0) is 13.3 Å². The molecule has 0 aliphatic carbocycles. The van der Waals surface area contributed by atoms with E-state index in [4.69, 9.17) is 14.6 Å². The average Bonchev–Trinajstić information content (AvgIpc) is 3.02. The lowest BCUT2D eigenvalue weighted by molar-refractivity contribution is -0.192. The molecule has 11 heteroatoms. The summed E-state index contributed by atoms with van der Waals surface area (Å²) in [4.78, 5) is 11.2. The third-order valence-electron chi connectivity index (χ3n) is 3.49. The Balaban J connectivity index is 0.000000236. The second kappa shape index (κ2) is 6.81. The fourth-order valence-electron chi connectivity index (χ4n) is 2.37. The van der Waals surface area contributed by atoms with Gasteiger partial charge in [-0.3, -0.25) is 0 Å². The summed E-state index contributed by atoms with van der Waals surface area (Å²) in [5.41, 5.74) is 0. The third kappa shape index (κ3) is 4.48. The third-order valence-corrected chi connectivity index (χ3v) is 5.97. The van der Waals surface area contributed by atoms with E-state index in [1.807, 2.05) is 14.0 Å². The molecule has 0 aromatic carbocycles. The highest BCUT2D eigenvalue weighted by atomic mass is 32.2. The molecular formula is C12H16F3N3O3S2. The van der Waals surface area contributed by atoms with Crippen LogP contribution in [0.3, 0.4) is 0 Å². The van der Waals surface area contributed by atoms with Crippen LogP contribution < -0.4 is 4.90 Å². The van der Waals surface area contributed by atoms with Gasteiger partial charge in [0.05, 0.1) is 10.9 Å². The minimum atomic E-state index is -5.08. The number of halogens is 3. The Morgan fingerprint density at radius 1 is 1.43 bits per heavy atom. The minimum absolute atomic E-state index is 0.431. The fourth-order valence-corrected chi connectivity index (χ4v) is 4.65. The predicted octanol–water partition coefficient (Wildman–Crippen LogP) is 2.19. The molecule has 0 bridgehead atoms. The summed E-state index contributed by atoms with van der Waals surface area (Å²) in [6.07, 6.45) is -3.45. The van der Waals surface area contributed by atoms with Gasteiger partial charge >= 0.3 is 12.1 Å². The number of carboxylic acids is 1. The number of rotatable bonds is 2. The van der Waals surface area contributed by atoms with E-state index in [-0.39, 0.29) is 0 Å². The zero-order valence-corrected chi connectivity index (χ0v) is 14.1. The van der Waals surface area contributed by atoms with Gasteiger partial charge in [0.25, 0.3) is 0 Å². The van der Waals surface area contributed by atoms with Crippen molar-refractivity contribution in [3.8, 4) is 0 Å². The molecule has 2 saturated heterocycles. The number of methoxy groups -OCH3 is 1. The number of thioether (sulfide) groups is 1. The molecular weight excluding hydrogens is 355 g/mol. The van der Waals surface area contributed by atoms with E-state index >= 15 is 0 Å². The number of aromatic nitrogens is 2. The number of anilines is 1. The minimum Gasteiger partial charge on any atom is -0.475 e. The number of hydrogen-bond donors (Lipinski definition) is 1. The Kier molecular flexibility index (Phi) is 5.41. The van der Waals surface area contributed by atoms with Gasteiger partial charge in [-0.2, -0.15) is 13.2 Å². The topological polar surface area (TPSA) is 75.5 Å². The number of carboxylic acid groups (broad SMARTS) is 1. The Morgan fingerprint density at radius 3 is 2.43 bits per heavy atom. The molecule has 1 aromatic heterocycles. The highest BCUT2D eigenvalue weighted by Crippen LogP contribution is 2.47. The average molecular weight is 371 g/mol. The van der Waals surface area contributed by atoms with Crippen molar-refractivity contribution in [2.24, 2.45) is 0 Å². The first-order chi connectivity index (χ1) is 10.6. The van der Waals surface area contributed by atoms with Crippen molar-refractivity contribution in [2.75, 3.05) is 30.9 Å². The van der Waals surface area contributed by atoms with Crippen LogP contribution in [0.25, 0.3) is 0 Å². The van der Waals surface area contributed by atoms with Gasteiger partial charge in [0.1, 0.15) is 5.01 Å². The van der Waals surface area contributed by atoms with Crippen molar-refractivity contribution in [1.29, 1.82) is 0 Å². The largest absolute Gasteiger partial charge is 0.490 e. The zero-order valence-electron chi connectivity index (χ0n) is 12.5. The molecule has 23 heavy (non-hydrogen) atoms. The van der Waals surface area contributed by atoms with Gasteiger partial charge in [-0.25, -0.2) is 4.79 Å². The number of ether oxygens (including phenoxy) is 1. The van der Waals surface area contributed by atoms with Crippen molar-refractivity contribution in [2.45, 2.75) is 30.4 Å². The van der Waals surface area contributed by atoms with Gasteiger partial charge in [0.15, 0.2) is 0 Å². The molecule has 1 aromatic rings. The maximum atomic E-state index is 10.6. The number of carbonyl (C=O) groups is 1. The monoisotopic (exact) mass is 371 g/mol. The molecule has 130 valence electrons. The van der Waals surface area contributed by atoms with Crippen LogP contribution in [0.1, 0.15) is 11.4 Å². The number of hydrogen-bond acceptors (Lipinski definition) is 7. The molecule has 1 N–H and O–H groups in total. The summed E-state index contributed by atoms with van der Waals surface area (Å²) in [6, 6.07) is 0. The highest BCUT2D eigenvalue weighted by molar-refractivity contribution is 8.01. The Morgan fingerprint density at radius 2 is 2.04 bits per heavy atom. The Bertz CT molecular complexity index is 561. The molecule has 2 aliphatic rings. The van der Waals surface area contributed by atoms with Crippen molar-refractivity contribution in [3.05, 3.63) is 5.01 Å². The smallest absolute Gasteiger partial charge is 0.475 e. The highest BCUT2D eigenvalue weighted by Gasteiger charge is 2.50. The molecule has 2 fully saturated rings. The van der Waals surface area contributed by atoms with Crippen LogP contribution in [0, 0.1) is 6.92 Å². The van der Waals surface area contributed by atoms with Crippen molar-refractivity contribution >= 4 is 34.2 Å². The summed E-state index contributed by atoms with van der Waals surface area (Å²) in [5.74, 6) is -1.62. The molecule has 0 radical (unpaired) electrons. The number of aryl methyl sites for hydroxylation is 1. The quantitative estimate of drug-likeness (QED) is 0.854.